The number of nitrogens with zero attached hydrogens (tertiary/aromatic N) is 1. The summed E-state index contributed by atoms with van der Waals surface area (Å²) < 4.78 is 0. The molecular formula is C24H40N4O2. The van der Waals surface area contributed by atoms with Crippen LogP contribution in [0, 0.1) is 0 Å². The topological polar surface area (TPSA) is 111 Å². The minimum absolute atomic E-state index is 0.163. The van der Waals surface area contributed by atoms with Crippen molar-refractivity contribution in [3.63, 3.8) is 0 Å². The predicted molar refractivity (Wildman–Crippen MR) is 124 cm³/mol. The summed E-state index contributed by atoms with van der Waals surface area (Å²) in [6.07, 6.45) is 14.1. The molecule has 1 atom stereocenters. The molecule has 6 heteroatoms. The fourth-order valence-electron chi connectivity index (χ4n) is 3.45. The first-order chi connectivity index (χ1) is 14.5. The second kappa shape index (κ2) is 16.4. The summed E-state index contributed by atoms with van der Waals surface area (Å²) >= 11 is 0. The van der Waals surface area contributed by atoms with Crippen molar-refractivity contribution in [1.82, 2.24) is 5.32 Å². The summed E-state index contributed by atoms with van der Waals surface area (Å²) in [7, 11) is 0. The van der Waals surface area contributed by atoms with Crippen LogP contribution in [0.15, 0.2) is 35.3 Å². The van der Waals surface area contributed by atoms with E-state index in [-0.39, 0.29) is 11.9 Å². The smallest absolute Gasteiger partial charge is 0.251 e. The molecule has 0 unspecified atom stereocenters. The van der Waals surface area contributed by atoms with E-state index in [1.54, 1.807) is 0 Å². The van der Waals surface area contributed by atoms with E-state index >= 15 is 0 Å². The zero-order valence-electron chi connectivity index (χ0n) is 18.6. The van der Waals surface area contributed by atoms with Crippen LogP contribution in [-0.4, -0.2) is 23.8 Å². The van der Waals surface area contributed by atoms with E-state index in [1.807, 2.05) is 30.3 Å². The third kappa shape index (κ3) is 13.0. The minimum atomic E-state index is -0.807. The van der Waals surface area contributed by atoms with Gasteiger partial charge in [-0.15, -0.1) is 0 Å². The number of rotatable bonds is 16. The van der Waals surface area contributed by atoms with Crippen molar-refractivity contribution in [2.24, 2.45) is 16.5 Å². The summed E-state index contributed by atoms with van der Waals surface area (Å²) in [5, 5.41) is 2.45. The van der Waals surface area contributed by atoms with E-state index in [0.29, 0.717) is 12.8 Å². The van der Waals surface area contributed by atoms with Crippen LogP contribution in [0.4, 0.5) is 0 Å². The van der Waals surface area contributed by atoms with Gasteiger partial charge >= 0.3 is 0 Å². The lowest BCUT2D eigenvalue weighted by atomic mass is 10.0. The molecule has 0 heterocycles. The van der Waals surface area contributed by atoms with Crippen LogP contribution < -0.4 is 16.8 Å². The second-order valence-corrected chi connectivity index (χ2v) is 7.96. The van der Waals surface area contributed by atoms with E-state index in [1.165, 1.54) is 51.4 Å². The lowest BCUT2D eigenvalue weighted by Gasteiger charge is -2.13. The number of amides is 2. The molecule has 30 heavy (non-hydrogen) atoms. The van der Waals surface area contributed by atoms with Gasteiger partial charge in [-0.25, -0.2) is 4.99 Å². The molecule has 5 N–H and O–H groups in total. The van der Waals surface area contributed by atoms with Crippen LogP contribution in [-0.2, 0) is 16.0 Å². The minimum Gasteiger partial charge on any atom is -0.370 e. The molecule has 168 valence electrons. The van der Waals surface area contributed by atoms with Gasteiger partial charge in [0.15, 0.2) is 5.96 Å². The van der Waals surface area contributed by atoms with E-state index < -0.39 is 11.9 Å². The molecule has 2 amide bonds. The quantitative estimate of drug-likeness (QED) is 0.213. The van der Waals surface area contributed by atoms with Gasteiger partial charge < -0.3 is 11.5 Å². The lowest BCUT2D eigenvalue weighted by Crippen LogP contribution is -2.40. The van der Waals surface area contributed by atoms with Gasteiger partial charge in [0.05, 0.1) is 0 Å². The Morgan fingerprint density at radius 3 is 1.93 bits per heavy atom. The van der Waals surface area contributed by atoms with Crippen molar-refractivity contribution >= 4 is 17.8 Å². The van der Waals surface area contributed by atoms with Crippen LogP contribution in [0.3, 0.4) is 0 Å². The van der Waals surface area contributed by atoms with E-state index in [9.17, 15) is 9.59 Å². The summed E-state index contributed by atoms with van der Waals surface area (Å²) in [4.78, 5) is 28.6. The van der Waals surface area contributed by atoms with Gasteiger partial charge in [-0.05, 0) is 12.0 Å². The van der Waals surface area contributed by atoms with Gasteiger partial charge in [-0.2, -0.15) is 0 Å². The van der Waals surface area contributed by atoms with Crippen LogP contribution in [0.1, 0.15) is 89.5 Å². The average Bonchev–Trinajstić information content (AvgIpc) is 2.72. The van der Waals surface area contributed by atoms with Gasteiger partial charge in [0.25, 0.3) is 5.91 Å². The second-order valence-electron chi connectivity index (χ2n) is 7.96. The zero-order chi connectivity index (χ0) is 22.0. The Labute approximate surface area is 181 Å². The first kappa shape index (κ1) is 25.7. The molecule has 0 aliphatic carbocycles. The van der Waals surface area contributed by atoms with Gasteiger partial charge in [-0.1, -0.05) is 101 Å². The van der Waals surface area contributed by atoms with Crippen molar-refractivity contribution in [3.05, 3.63) is 35.9 Å². The number of unbranched alkanes of at least 4 members (excludes halogenated alkanes) is 10. The first-order valence-corrected chi connectivity index (χ1v) is 11.5. The molecular weight excluding hydrogens is 376 g/mol. The van der Waals surface area contributed by atoms with Crippen molar-refractivity contribution in [1.29, 1.82) is 0 Å². The van der Waals surface area contributed by atoms with Gasteiger partial charge in [-0.3, -0.25) is 14.9 Å². The number of benzene rings is 1. The van der Waals surface area contributed by atoms with Crippen LogP contribution in [0.25, 0.3) is 0 Å². The third-order valence-corrected chi connectivity index (χ3v) is 5.15. The number of nitrogens with two attached hydrogens (primary N) is 2. The standard InChI is InChI=1S/C24H40N4O2/c1-2-3-4-5-6-7-8-9-10-11-15-18-22(29)28-23(30)21(27-24(25)26)19-20-16-13-12-14-17-20/h12-14,16-17,21H,2-11,15,18-19H2,1H3,(H4,25,26,27)(H,28,29,30)/t21-/m0/s1. The summed E-state index contributed by atoms with van der Waals surface area (Å²) in [5.74, 6) is -0.885. The summed E-state index contributed by atoms with van der Waals surface area (Å²) in [6, 6.07) is 8.66. The molecule has 0 fully saturated rings. The van der Waals surface area contributed by atoms with Crippen molar-refractivity contribution in [2.45, 2.75) is 96.4 Å². The van der Waals surface area contributed by atoms with Crippen LogP contribution in [0.2, 0.25) is 0 Å². The van der Waals surface area contributed by atoms with Gasteiger partial charge in [0.2, 0.25) is 5.91 Å². The molecule has 0 radical (unpaired) electrons. The molecule has 1 aromatic carbocycles. The number of guanidine groups is 1. The normalized spacial score (nSPS) is 11.6. The number of carbonyl (C=O) groups is 2. The maximum Gasteiger partial charge on any atom is 0.251 e. The Balaban J connectivity index is 2.21. The molecule has 0 spiro atoms. The van der Waals surface area contributed by atoms with E-state index in [2.05, 4.69) is 17.2 Å². The molecule has 1 rings (SSSR count). The highest BCUT2D eigenvalue weighted by Gasteiger charge is 2.20. The fourth-order valence-corrected chi connectivity index (χ4v) is 3.45. The van der Waals surface area contributed by atoms with Crippen molar-refractivity contribution in [2.75, 3.05) is 0 Å². The Morgan fingerprint density at radius 2 is 1.40 bits per heavy atom. The molecule has 0 saturated heterocycles. The maximum atomic E-state index is 12.4. The number of nitrogens with one attached hydrogen (secondary N) is 1. The maximum absolute atomic E-state index is 12.4. The number of carbonyl (C=O) groups excluding carboxylic acids is 2. The first-order valence-electron chi connectivity index (χ1n) is 11.5. The van der Waals surface area contributed by atoms with Gasteiger partial charge in [0.1, 0.15) is 6.04 Å². The Hall–Kier alpha value is -2.37. The third-order valence-electron chi connectivity index (χ3n) is 5.15. The molecule has 0 aliphatic rings. The molecule has 0 aromatic heterocycles. The Bertz CT molecular complexity index is 627. The Morgan fingerprint density at radius 1 is 0.867 bits per heavy atom. The lowest BCUT2D eigenvalue weighted by molar-refractivity contribution is -0.131. The van der Waals surface area contributed by atoms with E-state index in [0.717, 1.165) is 24.8 Å². The number of hydrogen-bond acceptors (Lipinski definition) is 3. The average molecular weight is 417 g/mol. The van der Waals surface area contributed by atoms with Crippen LogP contribution in [0.5, 0.6) is 0 Å². The van der Waals surface area contributed by atoms with Gasteiger partial charge in [0, 0.05) is 12.8 Å². The monoisotopic (exact) mass is 416 g/mol. The highest BCUT2D eigenvalue weighted by molar-refractivity contribution is 5.98. The molecule has 0 saturated carbocycles. The highest BCUT2D eigenvalue weighted by atomic mass is 16.2. The number of aliphatic imine (C=N–C) groups is 1. The van der Waals surface area contributed by atoms with Crippen molar-refractivity contribution in [3.8, 4) is 0 Å². The molecule has 1 aromatic rings. The zero-order valence-corrected chi connectivity index (χ0v) is 18.6. The largest absolute Gasteiger partial charge is 0.370 e. The molecule has 6 nitrogen and oxygen atoms in total. The SMILES string of the molecule is CCCCCCCCCCCCCC(=O)NC(=O)[C@H](Cc1ccccc1)N=C(N)N. The number of imide groups is 1. The highest BCUT2D eigenvalue weighted by Crippen LogP contribution is 2.12. The summed E-state index contributed by atoms with van der Waals surface area (Å²) in [5.41, 5.74) is 11.8. The van der Waals surface area contributed by atoms with Crippen LogP contribution >= 0.6 is 0 Å². The fraction of sp³-hybridized carbons (Fsp3) is 0.625. The van der Waals surface area contributed by atoms with Crippen molar-refractivity contribution < 1.29 is 9.59 Å². The molecule has 0 bridgehead atoms. The Kier molecular flexibility index (Phi) is 14.1. The molecule has 0 aliphatic heterocycles. The predicted octanol–water partition coefficient (Wildman–Crippen LogP) is 4.22. The number of hydrogen-bond donors (Lipinski definition) is 3. The summed E-state index contributed by atoms with van der Waals surface area (Å²) in [6.45, 7) is 2.24. The van der Waals surface area contributed by atoms with E-state index in [4.69, 9.17) is 11.5 Å².